The van der Waals surface area contributed by atoms with Crippen LogP contribution in [0.2, 0.25) is 0 Å². The number of nitrogens with one attached hydrogen (secondary N) is 3. The molecule has 3 N–H and O–H groups in total. The maximum atomic E-state index is 13.0. The van der Waals surface area contributed by atoms with Crippen molar-refractivity contribution in [2.24, 2.45) is 0 Å². The van der Waals surface area contributed by atoms with E-state index in [1.165, 1.54) is 5.56 Å². The fraction of sp³-hybridized carbons (Fsp3) is 0.111. The topological polar surface area (TPSA) is 74.0 Å². The van der Waals surface area contributed by atoms with Gasteiger partial charge < -0.3 is 15.6 Å². The van der Waals surface area contributed by atoms with E-state index < -0.39 is 0 Å². The summed E-state index contributed by atoms with van der Waals surface area (Å²) in [6.45, 7) is 2.48. The van der Waals surface area contributed by atoms with Crippen molar-refractivity contribution in [1.82, 2.24) is 15.6 Å². The summed E-state index contributed by atoms with van der Waals surface area (Å²) in [5.41, 5.74) is 4.85. The number of fused-ring (bicyclic) bond motifs is 1. The lowest BCUT2D eigenvalue weighted by molar-refractivity contribution is -0.117. The molecule has 0 fully saturated rings. The molecule has 0 aliphatic carbocycles. The van der Waals surface area contributed by atoms with Crippen LogP contribution in [0.25, 0.3) is 17.0 Å². The van der Waals surface area contributed by atoms with Crippen LogP contribution in [0.3, 0.4) is 0 Å². The second-order valence-corrected chi connectivity index (χ2v) is 8.63. The third-order valence-electron chi connectivity index (χ3n) is 5.40. The normalized spacial score (nSPS) is 11.4. The van der Waals surface area contributed by atoms with E-state index in [-0.39, 0.29) is 17.5 Å². The van der Waals surface area contributed by atoms with Gasteiger partial charge in [-0.25, -0.2) is 0 Å². The minimum atomic E-state index is -0.334. The Bertz CT molecular complexity index is 1310. The highest BCUT2D eigenvalue weighted by Gasteiger charge is 2.15. The zero-order valence-corrected chi connectivity index (χ0v) is 19.8. The van der Waals surface area contributed by atoms with Crippen molar-refractivity contribution in [2.45, 2.75) is 13.3 Å². The first-order chi connectivity index (χ1) is 16.0. The average molecular weight is 502 g/mol. The van der Waals surface area contributed by atoms with E-state index in [0.29, 0.717) is 18.5 Å². The number of halogens is 1. The first-order valence-corrected chi connectivity index (χ1v) is 11.5. The first kappa shape index (κ1) is 22.6. The molecular formula is C27H24BrN3O2. The van der Waals surface area contributed by atoms with Crippen LogP contribution in [-0.2, 0) is 11.2 Å². The van der Waals surface area contributed by atoms with Crippen LogP contribution >= 0.6 is 15.9 Å². The molecule has 4 aromatic rings. The van der Waals surface area contributed by atoms with E-state index in [2.05, 4.69) is 37.6 Å². The molecule has 0 unspecified atom stereocenters. The number of amides is 2. The van der Waals surface area contributed by atoms with Gasteiger partial charge in [-0.15, -0.1) is 0 Å². The van der Waals surface area contributed by atoms with Crippen molar-refractivity contribution in [3.63, 3.8) is 0 Å². The van der Waals surface area contributed by atoms with E-state index in [0.717, 1.165) is 26.6 Å². The van der Waals surface area contributed by atoms with Gasteiger partial charge >= 0.3 is 0 Å². The fourth-order valence-electron chi connectivity index (χ4n) is 3.72. The van der Waals surface area contributed by atoms with Crippen LogP contribution < -0.4 is 10.6 Å². The van der Waals surface area contributed by atoms with Crippen molar-refractivity contribution in [3.8, 4) is 0 Å². The first-order valence-electron chi connectivity index (χ1n) is 10.7. The molecular weight excluding hydrogens is 478 g/mol. The smallest absolute Gasteiger partial charge is 0.267 e. The Labute approximate surface area is 201 Å². The van der Waals surface area contributed by atoms with Crippen LogP contribution in [0.4, 0.5) is 0 Å². The maximum Gasteiger partial charge on any atom is 0.267 e. The number of H-pyrrole nitrogens is 1. The van der Waals surface area contributed by atoms with Gasteiger partial charge in [0, 0.05) is 33.2 Å². The Morgan fingerprint density at radius 2 is 1.64 bits per heavy atom. The summed E-state index contributed by atoms with van der Waals surface area (Å²) in [4.78, 5) is 29.1. The van der Waals surface area contributed by atoms with E-state index in [4.69, 9.17) is 0 Å². The highest BCUT2D eigenvalue weighted by Crippen LogP contribution is 2.22. The Kier molecular flexibility index (Phi) is 7.05. The quantitative estimate of drug-likeness (QED) is 0.298. The van der Waals surface area contributed by atoms with Crippen molar-refractivity contribution < 1.29 is 9.59 Å². The highest BCUT2D eigenvalue weighted by molar-refractivity contribution is 9.10. The van der Waals surface area contributed by atoms with Gasteiger partial charge in [0.05, 0.1) is 0 Å². The molecule has 166 valence electrons. The summed E-state index contributed by atoms with van der Waals surface area (Å²) in [7, 11) is 0. The summed E-state index contributed by atoms with van der Waals surface area (Å²) in [5.74, 6) is -0.665. The number of para-hydroxylation sites is 1. The largest absolute Gasteiger partial charge is 0.358 e. The molecule has 0 aliphatic rings. The fourth-order valence-corrected chi connectivity index (χ4v) is 3.99. The molecule has 6 heteroatoms. The highest BCUT2D eigenvalue weighted by atomic mass is 79.9. The van der Waals surface area contributed by atoms with Gasteiger partial charge in [0.15, 0.2) is 0 Å². The number of hydrogen-bond donors (Lipinski definition) is 3. The standard InChI is InChI=1S/C27H24BrN3O2/c1-18-22(23-9-5-6-10-24(23)30-18)15-16-29-27(33)25(17-19-11-13-21(28)14-12-19)31-26(32)20-7-3-2-4-8-20/h2-14,17,30H,15-16H2,1H3,(H,29,33)(H,31,32). The average Bonchev–Trinajstić information content (AvgIpc) is 3.15. The molecule has 0 spiro atoms. The predicted molar refractivity (Wildman–Crippen MR) is 136 cm³/mol. The molecule has 0 saturated heterocycles. The molecule has 2 amide bonds. The van der Waals surface area contributed by atoms with E-state index >= 15 is 0 Å². The third-order valence-corrected chi connectivity index (χ3v) is 5.93. The summed E-state index contributed by atoms with van der Waals surface area (Å²) in [6, 6.07) is 24.5. The third kappa shape index (κ3) is 5.59. The van der Waals surface area contributed by atoms with Gasteiger partial charge in [0.2, 0.25) is 0 Å². The van der Waals surface area contributed by atoms with Gasteiger partial charge in [0.25, 0.3) is 11.8 Å². The zero-order chi connectivity index (χ0) is 23.2. The molecule has 1 aromatic heterocycles. The monoisotopic (exact) mass is 501 g/mol. The van der Waals surface area contributed by atoms with Crippen molar-refractivity contribution in [3.05, 3.63) is 111 Å². The second-order valence-electron chi connectivity index (χ2n) is 7.71. The SMILES string of the molecule is Cc1[nH]c2ccccc2c1CCNC(=O)C(=Cc1ccc(Br)cc1)NC(=O)c1ccccc1. The molecule has 3 aromatic carbocycles. The Morgan fingerprint density at radius 1 is 0.939 bits per heavy atom. The number of rotatable bonds is 7. The van der Waals surface area contributed by atoms with E-state index in [1.807, 2.05) is 55.5 Å². The Balaban J connectivity index is 1.50. The number of benzene rings is 3. The summed E-state index contributed by atoms with van der Waals surface area (Å²) in [5, 5.41) is 6.89. The number of aryl methyl sites for hydroxylation is 1. The predicted octanol–water partition coefficient (Wildman–Crippen LogP) is 5.37. The van der Waals surface area contributed by atoms with Crippen LogP contribution in [0.1, 0.15) is 27.2 Å². The minimum absolute atomic E-state index is 0.196. The Hall–Kier alpha value is -3.64. The molecule has 5 nitrogen and oxygen atoms in total. The van der Waals surface area contributed by atoms with Gasteiger partial charge in [-0.1, -0.05) is 64.5 Å². The number of aromatic nitrogens is 1. The molecule has 1 heterocycles. The van der Waals surface area contributed by atoms with Crippen molar-refractivity contribution in [1.29, 1.82) is 0 Å². The van der Waals surface area contributed by atoms with Crippen LogP contribution in [-0.4, -0.2) is 23.3 Å². The van der Waals surface area contributed by atoms with Gasteiger partial charge in [-0.05, 0) is 60.9 Å². The maximum absolute atomic E-state index is 13.0. The summed E-state index contributed by atoms with van der Waals surface area (Å²) in [6.07, 6.45) is 2.36. The van der Waals surface area contributed by atoms with Gasteiger partial charge in [0.1, 0.15) is 5.70 Å². The molecule has 0 atom stereocenters. The van der Waals surface area contributed by atoms with Crippen LogP contribution in [0.5, 0.6) is 0 Å². The van der Waals surface area contributed by atoms with Gasteiger partial charge in [-0.2, -0.15) is 0 Å². The number of hydrogen-bond acceptors (Lipinski definition) is 2. The van der Waals surface area contributed by atoms with Crippen LogP contribution in [0.15, 0.2) is 89.0 Å². The van der Waals surface area contributed by atoms with Gasteiger partial charge in [-0.3, -0.25) is 9.59 Å². The summed E-state index contributed by atoms with van der Waals surface area (Å²) >= 11 is 3.42. The minimum Gasteiger partial charge on any atom is -0.358 e. The molecule has 0 radical (unpaired) electrons. The number of aromatic amines is 1. The second kappa shape index (κ2) is 10.3. The Morgan fingerprint density at radius 3 is 2.39 bits per heavy atom. The lowest BCUT2D eigenvalue weighted by Gasteiger charge is -2.12. The lowest BCUT2D eigenvalue weighted by atomic mass is 10.1. The molecule has 4 rings (SSSR count). The van der Waals surface area contributed by atoms with E-state index in [9.17, 15) is 9.59 Å². The molecule has 0 bridgehead atoms. The summed E-state index contributed by atoms with van der Waals surface area (Å²) < 4.78 is 0.938. The number of carbonyl (C=O) groups excluding carboxylic acids is 2. The van der Waals surface area contributed by atoms with Crippen molar-refractivity contribution in [2.75, 3.05) is 6.54 Å². The number of carbonyl (C=O) groups is 2. The van der Waals surface area contributed by atoms with Crippen molar-refractivity contribution >= 4 is 44.7 Å². The molecule has 33 heavy (non-hydrogen) atoms. The molecule has 0 aliphatic heterocycles. The lowest BCUT2D eigenvalue weighted by Crippen LogP contribution is -2.35. The molecule has 0 saturated carbocycles. The van der Waals surface area contributed by atoms with Crippen LogP contribution in [0, 0.1) is 6.92 Å². The van der Waals surface area contributed by atoms with E-state index in [1.54, 1.807) is 30.3 Å². The zero-order valence-electron chi connectivity index (χ0n) is 18.2.